The molecule has 0 N–H and O–H groups in total. The zero-order chi connectivity index (χ0) is 15.4. The van der Waals surface area contributed by atoms with E-state index in [1.165, 1.54) is 25.3 Å². The normalized spacial score (nSPS) is 11.5. The maximum atomic E-state index is 13.6. The summed E-state index contributed by atoms with van der Waals surface area (Å²) in [6.45, 7) is 1.62. The van der Waals surface area contributed by atoms with E-state index in [1.807, 2.05) is 6.07 Å². The molecule has 0 heterocycles. The number of nitriles is 1. The highest BCUT2D eigenvalue weighted by Crippen LogP contribution is 2.24. The molecule has 1 atom stereocenters. The van der Waals surface area contributed by atoms with Gasteiger partial charge in [0.15, 0.2) is 5.78 Å². The lowest BCUT2D eigenvalue weighted by Crippen LogP contribution is -2.12. The van der Waals surface area contributed by atoms with Crippen molar-refractivity contribution in [2.24, 2.45) is 0 Å². The van der Waals surface area contributed by atoms with Gasteiger partial charge in [-0.3, -0.25) is 4.79 Å². The van der Waals surface area contributed by atoms with Gasteiger partial charge in [-0.15, -0.1) is 0 Å². The maximum absolute atomic E-state index is 13.6. The number of rotatable bonds is 4. The minimum Gasteiger partial charge on any atom is -0.497 e. The molecule has 2 aromatic carbocycles. The van der Waals surface area contributed by atoms with E-state index in [0.717, 1.165) is 0 Å². The minimum absolute atomic E-state index is 0.187. The van der Waals surface area contributed by atoms with Crippen LogP contribution >= 0.6 is 0 Å². The number of methoxy groups -OCH3 is 1. The van der Waals surface area contributed by atoms with Crippen LogP contribution in [-0.4, -0.2) is 12.9 Å². The fraction of sp³-hybridized carbons (Fsp3) is 0.176. The van der Waals surface area contributed by atoms with E-state index in [9.17, 15) is 14.4 Å². The van der Waals surface area contributed by atoms with Crippen LogP contribution in [0.25, 0.3) is 0 Å². The molecule has 0 saturated carbocycles. The molecule has 3 nitrogen and oxygen atoms in total. The van der Waals surface area contributed by atoms with Gasteiger partial charge in [0.2, 0.25) is 0 Å². The van der Waals surface area contributed by atoms with Gasteiger partial charge in [-0.1, -0.05) is 24.3 Å². The van der Waals surface area contributed by atoms with Crippen molar-refractivity contribution >= 4 is 5.78 Å². The monoisotopic (exact) mass is 283 g/mol. The van der Waals surface area contributed by atoms with E-state index in [4.69, 9.17) is 4.74 Å². The Morgan fingerprint density at radius 2 is 2.05 bits per heavy atom. The lowest BCUT2D eigenvalue weighted by molar-refractivity contribution is 0.0978. The number of carbonyl (C=O) groups is 1. The molecule has 2 rings (SSSR count). The molecular weight excluding hydrogens is 269 g/mol. The van der Waals surface area contributed by atoms with Crippen LogP contribution in [-0.2, 0) is 0 Å². The first-order valence-corrected chi connectivity index (χ1v) is 6.40. The highest BCUT2D eigenvalue weighted by molar-refractivity contribution is 6.02. The van der Waals surface area contributed by atoms with Crippen molar-refractivity contribution in [2.45, 2.75) is 12.8 Å². The SMILES string of the molecule is COc1cccc(C(C#N)C(=O)c2ccc(C)c(F)c2)c1. The third-order valence-corrected chi connectivity index (χ3v) is 3.27. The van der Waals surface area contributed by atoms with Gasteiger partial charge in [-0.25, -0.2) is 4.39 Å². The second kappa shape index (κ2) is 6.19. The first kappa shape index (κ1) is 14.7. The third kappa shape index (κ3) is 3.09. The van der Waals surface area contributed by atoms with Crippen molar-refractivity contribution in [3.8, 4) is 11.8 Å². The molecule has 21 heavy (non-hydrogen) atoms. The molecule has 106 valence electrons. The number of benzene rings is 2. The number of hydrogen-bond donors (Lipinski definition) is 0. The first-order valence-electron chi connectivity index (χ1n) is 6.40. The predicted molar refractivity (Wildman–Crippen MR) is 76.8 cm³/mol. The summed E-state index contributed by atoms with van der Waals surface area (Å²) in [4.78, 5) is 12.4. The largest absolute Gasteiger partial charge is 0.497 e. The standard InChI is InChI=1S/C17H14FNO2/c1-11-6-7-13(9-16(11)18)17(20)15(10-19)12-4-3-5-14(8-12)21-2/h3-9,15H,1-2H3. The highest BCUT2D eigenvalue weighted by atomic mass is 19.1. The van der Waals surface area contributed by atoms with Crippen LogP contribution in [0.1, 0.15) is 27.4 Å². The van der Waals surface area contributed by atoms with Gasteiger partial charge in [-0.05, 0) is 36.2 Å². The summed E-state index contributed by atoms with van der Waals surface area (Å²) < 4.78 is 18.7. The number of ketones is 1. The Hall–Kier alpha value is -2.67. The smallest absolute Gasteiger partial charge is 0.184 e. The van der Waals surface area contributed by atoms with Gasteiger partial charge in [-0.2, -0.15) is 5.26 Å². The first-order chi connectivity index (χ1) is 10.1. The Bertz CT molecular complexity index is 719. The summed E-state index contributed by atoms with van der Waals surface area (Å²) in [5.74, 6) is -1.30. The Balaban J connectivity index is 2.38. The van der Waals surface area contributed by atoms with Gasteiger partial charge in [0.05, 0.1) is 13.2 Å². The Kier molecular flexibility index (Phi) is 4.34. The van der Waals surface area contributed by atoms with E-state index >= 15 is 0 Å². The van der Waals surface area contributed by atoms with Crippen LogP contribution in [0.15, 0.2) is 42.5 Å². The summed E-state index contributed by atoms with van der Waals surface area (Å²) in [5, 5.41) is 9.29. The van der Waals surface area contributed by atoms with Crippen LogP contribution in [0, 0.1) is 24.1 Å². The van der Waals surface area contributed by atoms with Gasteiger partial charge < -0.3 is 4.74 Å². The fourth-order valence-electron chi connectivity index (χ4n) is 2.02. The predicted octanol–water partition coefficient (Wildman–Crippen LogP) is 3.63. The summed E-state index contributed by atoms with van der Waals surface area (Å²) >= 11 is 0. The number of ether oxygens (including phenoxy) is 1. The molecule has 2 aromatic rings. The molecule has 0 saturated heterocycles. The Morgan fingerprint density at radius 3 is 2.67 bits per heavy atom. The second-order valence-electron chi connectivity index (χ2n) is 4.67. The zero-order valence-corrected chi connectivity index (χ0v) is 11.8. The quantitative estimate of drug-likeness (QED) is 0.805. The molecule has 0 aliphatic carbocycles. The summed E-state index contributed by atoms with van der Waals surface area (Å²) in [7, 11) is 1.51. The average Bonchev–Trinajstić information content (AvgIpc) is 2.51. The molecule has 0 aliphatic rings. The molecule has 1 unspecified atom stereocenters. The molecule has 0 aromatic heterocycles. The second-order valence-corrected chi connectivity index (χ2v) is 4.67. The average molecular weight is 283 g/mol. The van der Waals surface area contributed by atoms with Crippen molar-refractivity contribution < 1.29 is 13.9 Å². The van der Waals surface area contributed by atoms with Crippen LogP contribution < -0.4 is 4.74 Å². The summed E-state index contributed by atoms with van der Waals surface area (Å²) in [5.41, 5.74) is 1.18. The lowest BCUT2D eigenvalue weighted by atomic mass is 9.91. The number of Topliss-reactive ketones (excluding diaryl/α,β-unsaturated/α-hetero) is 1. The van der Waals surface area contributed by atoms with Gasteiger partial charge in [0.1, 0.15) is 17.5 Å². The molecule has 0 aliphatic heterocycles. The van der Waals surface area contributed by atoms with Crippen LogP contribution in [0.2, 0.25) is 0 Å². The van der Waals surface area contributed by atoms with Crippen LogP contribution in [0.3, 0.4) is 0 Å². The minimum atomic E-state index is -0.984. The number of halogens is 1. The number of hydrogen-bond acceptors (Lipinski definition) is 3. The summed E-state index contributed by atoms with van der Waals surface area (Å²) in [6.07, 6.45) is 0. The molecule has 0 amide bonds. The molecule has 4 heteroatoms. The highest BCUT2D eigenvalue weighted by Gasteiger charge is 2.22. The third-order valence-electron chi connectivity index (χ3n) is 3.27. The van der Waals surface area contributed by atoms with E-state index in [1.54, 1.807) is 31.2 Å². The Morgan fingerprint density at radius 1 is 1.29 bits per heavy atom. The van der Waals surface area contributed by atoms with Gasteiger partial charge in [0.25, 0.3) is 0 Å². The summed E-state index contributed by atoms with van der Waals surface area (Å²) in [6, 6.07) is 13.0. The molecule has 0 radical (unpaired) electrons. The number of aryl methyl sites for hydroxylation is 1. The topological polar surface area (TPSA) is 50.1 Å². The fourth-order valence-corrected chi connectivity index (χ4v) is 2.02. The maximum Gasteiger partial charge on any atom is 0.184 e. The molecule has 0 fully saturated rings. The van der Waals surface area contributed by atoms with E-state index in [2.05, 4.69) is 0 Å². The van der Waals surface area contributed by atoms with E-state index in [-0.39, 0.29) is 5.56 Å². The van der Waals surface area contributed by atoms with Crippen molar-refractivity contribution in [3.05, 3.63) is 65.0 Å². The van der Waals surface area contributed by atoms with Gasteiger partial charge >= 0.3 is 0 Å². The number of nitrogens with zero attached hydrogens (tertiary/aromatic N) is 1. The van der Waals surface area contributed by atoms with Crippen LogP contribution in [0.5, 0.6) is 5.75 Å². The van der Waals surface area contributed by atoms with Crippen molar-refractivity contribution in [3.63, 3.8) is 0 Å². The van der Waals surface area contributed by atoms with E-state index in [0.29, 0.717) is 16.9 Å². The Labute approximate surface area is 122 Å². The van der Waals surface area contributed by atoms with Crippen LogP contribution in [0.4, 0.5) is 4.39 Å². The lowest BCUT2D eigenvalue weighted by Gasteiger charge is -2.10. The molecular formula is C17H14FNO2. The zero-order valence-electron chi connectivity index (χ0n) is 11.8. The van der Waals surface area contributed by atoms with E-state index < -0.39 is 17.5 Å². The number of carbonyl (C=O) groups excluding carboxylic acids is 1. The molecule has 0 spiro atoms. The van der Waals surface area contributed by atoms with Crippen molar-refractivity contribution in [1.29, 1.82) is 5.26 Å². The van der Waals surface area contributed by atoms with Crippen molar-refractivity contribution in [1.82, 2.24) is 0 Å². The van der Waals surface area contributed by atoms with Gasteiger partial charge in [0, 0.05) is 5.56 Å². The molecule has 0 bridgehead atoms. The van der Waals surface area contributed by atoms with Crippen molar-refractivity contribution in [2.75, 3.05) is 7.11 Å².